The molecule has 1 heterocycles. The molecule has 3 saturated carbocycles. The molecule has 1 saturated heterocycles. The van der Waals surface area contributed by atoms with Crippen LogP contribution in [0.4, 0.5) is 0 Å². The van der Waals surface area contributed by atoms with E-state index in [1.54, 1.807) is 0 Å². The molecule has 0 aromatic rings. The molecule has 0 aromatic heterocycles. The third kappa shape index (κ3) is 2.00. The fraction of sp³-hybridized carbons (Fsp3) is 0.895. The molecule has 4 nitrogen and oxygen atoms in total. The van der Waals surface area contributed by atoms with Crippen molar-refractivity contribution < 1.29 is 19.4 Å². The van der Waals surface area contributed by atoms with Crippen LogP contribution in [-0.4, -0.2) is 29.6 Å². The quantitative estimate of drug-likeness (QED) is 0.795. The Morgan fingerprint density at radius 1 is 1.13 bits per heavy atom. The summed E-state index contributed by atoms with van der Waals surface area (Å²) in [6.07, 6.45) is 6.37. The Hall–Kier alpha value is -0.900. The van der Waals surface area contributed by atoms with Crippen LogP contribution < -0.4 is 0 Å². The number of ketones is 1. The molecular formula is C19H28O4. The van der Waals surface area contributed by atoms with E-state index in [1.165, 1.54) is 0 Å². The third-order valence-corrected chi connectivity index (χ3v) is 8.07. The second kappa shape index (κ2) is 5.05. The highest BCUT2D eigenvalue weighted by atomic mass is 16.6. The standard InChI is InChI=1S/C19H28O4/c1-18(7-5-11-9-15(18)17(22)23-11)14-6-8-19(2)13(12(14)10-20)3-4-16(19)21/h11-15,20H,3-10H2,1-2H3/t11-,12-,13-,14-,15+,18+,19-/m0/s1. The molecule has 7 atom stereocenters. The summed E-state index contributed by atoms with van der Waals surface area (Å²) < 4.78 is 5.51. The van der Waals surface area contributed by atoms with Crippen LogP contribution in [0, 0.1) is 34.5 Å². The summed E-state index contributed by atoms with van der Waals surface area (Å²) >= 11 is 0. The van der Waals surface area contributed by atoms with Crippen molar-refractivity contribution in [3.05, 3.63) is 0 Å². The van der Waals surface area contributed by atoms with Crippen molar-refractivity contribution in [2.75, 3.05) is 6.61 Å². The van der Waals surface area contributed by atoms with Crippen LogP contribution >= 0.6 is 0 Å². The molecular weight excluding hydrogens is 292 g/mol. The lowest BCUT2D eigenvalue weighted by atomic mass is 9.50. The lowest BCUT2D eigenvalue weighted by molar-refractivity contribution is -0.149. The third-order valence-electron chi connectivity index (χ3n) is 8.07. The monoisotopic (exact) mass is 320 g/mol. The summed E-state index contributed by atoms with van der Waals surface area (Å²) in [5, 5.41) is 10.2. The van der Waals surface area contributed by atoms with Gasteiger partial charge >= 0.3 is 5.97 Å². The molecule has 3 aliphatic carbocycles. The minimum absolute atomic E-state index is 0.0123. The molecule has 0 aromatic carbocycles. The number of aliphatic hydroxyl groups excluding tert-OH is 1. The molecule has 4 fully saturated rings. The Bertz CT molecular complexity index is 543. The van der Waals surface area contributed by atoms with E-state index in [4.69, 9.17) is 4.74 Å². The molecule has 0 unspecified atom stereocenters. The zero-order valence-corrected chi connectivity index (χ0v) is 14.2. The largest absolute Gasteiger partial charge is 0.462 e. The fourth-order valence-electron chi connectivity index (χ4n) is 6.59. The van der Waals surface area contributed by atoms with Crippen molar-refractivity contribution in [3.8, 4) is 0 Å². The Balaban J connectivity index is 1.66. The number of aliphatic hydroxyl groups is 1. The van der Waals surface area contributed by atoms with Crippen molar-refractivity contribution in [1.29, 1.82) is 0 Å². The van der Waals surface area contributed by atoms with Gasteiger partial charge < -0.3 is 9.84 Å². The Morgan fingerprint density at radius 2 is 1.91 bits per heavy atom. The van der Waals surface area contributed by atoms with Gasteiger partial charge in [-0.3, -0.25) is 9.59 Å². The molecule has 128 valence electrons. The molecule has 1 aliphatic heterocycles. The number of Topliss-reactive ketones (excluding diaryl/α,β-unsaturated/α-hetero) is 1. The van der Waals surface area contributed by atoms with Gasteiger partial charge in [0.2, 0.25) is 0 Å². The minimum Gasteiger partial charge on any atom is -0.462 e. The second-order valence-corrected chi connectivity index (χ2v) is 8.87. The molecule has 0 amide bonds. The maximum absolute atomic E-state index is 12.4. The van der Waals surface area contributed by atoms with Crippen LogP contribution in [0.3, 0.4) is 0 Å². The molecule has 0 radical (unpaired) electrons. The predicted molar refractivity (Wildman–Crippen MR) is 84.5 cm³/mol. The highest BCUT2D eigenvalue weighted by Crippen LogP contribution is 2.62. The van der Waals surface area contributed by atoms with Gasteiger partial charge in [-0.25, -0.2) is 0 Å². The normalized spacial score (nSPS) is 52.4. The van der Waals surface area contributed by atoms with Gasteiger partial charge in [0.15, 0.2) is 0 Å². The lowest BCUT2D eigenvalue weighted by Gasteiger charge is -2.53. The van der Waals surface area contributed by atoms with Crippen LogP contribution in [-0.2, 0) is 14.3 Å². The van der Waals surface area contributed by atoms with Crippen molar-refractivity contribution in [3.63, 3.8) is 0 Å². The topological polar surface area (TPSA) is 63.6 Å². The van der Waals surface area contributed by atoms with Crippen LogP contribution in [0.2, 0.25) is 0 Å². The molecule has 4 heteroatoms. The summed E-state index contributed by atoms with van der Waals surface area (Å²) in [7, 11) is 0. The minimum atomic E-state index is -0.242. The SMILES string of the molecule is C[C@]1([C@H]2CC[C@]3(C)C(=O)CC[C@H]3[C@@H]2CO)CC[C@H]2C[C@@H]1C(=O)O2. The number of hydrogen-bond acceptors (Lipinski definition) is 4. The average molecular weight is 320 g/mol. The number of rotatable bonds is 2. The smallest absolute Gasteiger partial charge is 0.309 e. The van der Waals surface area contributed by atoms with Gasteiger partial charge in [-0.05, 0) is 61.7 Å². The Kier molecular flexibility index (Phi) is 3.43. The van der Waals surface area contributed by atoms with Crippen LogP contribution in [0.5, 0.6) is 0 Å². The summed E-state index contributed by atoms with van der Waals surface area (Å²) in [5.74, 6) is 1.10. The number of fused-ring (bicyclic) bond motifs is 3. The predicted octanol–water partition coefficient (Wildman–Crippen LogP) is 2.72. The van der Waals surface area contributed by atoms with Gasteiger partial charge in [0.25, 0.3) is 0 Å². The number of ether oxygens (including phenoxy) is 1. The van der Waals surface area contributed by atoms with Crippen molar-refractivity contribution in [2.45, 2.75) is 64.9 Å². The van der Waals surface area contributed by atoms with E-state index < -0.39 is 0 Å². The van der Waals surface area contributed by atoms with Gasteiger partial charge in [0.05, 0.1) is 5.92 Å². The summed E-state index contributed by atoms with van der Waals surface area (Å²) in [6, 6.07) is 0. The Morgan fingerprint density at radius 3 is 2.65 bits per heavy atom. The second-order valence-electron chi connectivity index (χ2n) is 8.87. The summed E-state index contributed by atoms with van der Waals surface area (Å²) in [5.41, 5.74) is -0.321. The number of carbonyl (C=O) groups is 2. The van der Waals surface area contributed by atoms with Gasteiger partial charge in [-0.1, -0.05) is 13.8 Å². The molecule has 2 bridgehead atoms. The van der Waals surface area contributed by atoms with E-state index in [0.717, 1.165) is 38.5 Å². The van der Waals surface area contributed by atoms with Crippen LogP contribution in [0.1, 0.15) is 58.8 Å². The lowest BCUT2D eigenvalue weighted by Crippen LogP contribution is -2.51. The van der Waals surface area contributed by atoms with Crippen LogP contribution in [0.15, 0.2) is 0 Å². The van der Waals surface area contributed by atoms with E-state index in [0.29, 0.717) is 18.1 Å². The van der Waals surface area contributed by atoms with E-state index in [9.17, 15) is 14.7 Å². The van der Waals surface area contributed by atoms with E-state index >= 15 is 0 Å². The summed E-state index contributed by atoms with van der Waals surface area (Å²) in [4.78, 5) is 24.7. The summed E-state index contributed by atoms with van der Waals surface area (Å²) in [6.45, 7) is 4.49. The maximum atomic E-state index is 12.4. The van der Waals surface area contributed by atoms with E-state index in [1.807, 2.05) is 0 Å². The zero-order chi connectivity index (χ0) is 16.4. The molecule has 0 spiro atoms. The number of esters is 1. The highest BCUT2D eigenvalue weighted by molar-refractivity contribution is 5.87. The first-order valence-corrected chi connectivity index (χ1v) is 9.25. The first-order chi connectivity index (χ1) is 10.9. The Labute approximate surface area is 138 Å². The van der Waals surface area contributed by atoms with Gasteiger partial charge in [0, 0.05) is 18.4 Å². The molecule has 4 rings (SSSR count). The average Bonchev–Trinajstić information content (AvgIpc) is 3.01. The van der Waals surface area contributed by atoms with Crippen molar-refractivity contribution in [2.24, 2.45) is 34.5 Å². The maximum Gasteiger partial charge on any atom is 0.309 e. The van der Waals surface area contributed by atoms with Gasteiger partial charge in [-0.15, -0.1) is 0 Å². The van der Waals surface area contributed by atoms with Crippen molar-refractivity contribution >= 4 is 11.8 Å². The highest BCUT2D eigenvalue weighted by Gasteiger charge is 2.61. The first kappa shape index (κ1) is 15.6. The molecule has 4 aliphatic rings. The van der Waals surface area contributed by atoms with E-state index in [-0.39, 0.29) is 47.3 Å². The molecule has 1 N–H and O–H groups in total. The van der Waals surface area contributed by atoms with Crippen molar-refractivity contribution in [1.82, 2.24) is 0 Å². The number of hydrogen-bond donors (Lipinski definition) is 1. The first-order valence-electron chi connectivity index (χ1n) is 9.25. The van der Waals surface area contributed by atoms with Gasteiger partial charge in [-0.2, -0.15) is 0 Å². The van der Waals surface area contributed by atoms with Crippen LogP contribution in [0.25, 0.3) is 0 Å². The number of carbonyl (C=O) groups excluding carboxylic acids is 2. The van der Waals surface area contributed by atoms with E-state index in [2.05, 4.69) is 13.8 Å². The fourth-order valence-corrected chi connectivity index (χ4v) is 6.59. The zero-order valence-electron chi connectivity index (χ0n) is 14.2. The van der Waals surface area contributed by atoms with Gasteiger partial charge in [0.1, 0.15) is 11.9 Å². The molecule has 23 heavy (non-hydrogen) atoms.